The average Bonchev–Trinajstić information content (AvgIpc) is 2.34. The Morgan fingerprint density at radius 2 is 2.45 bits per heavy atom. The van der Waals surface area contributed by atoms with Crippen LogP contribution in [0.2, 0.25) is 0 Å². The highest BCUT2D eigenvalue weighted by atomic mass is 15.1. The summed E-state index contributed by atoms with van der Waals surface area (Å²) in [5.74, 6) is 0.643. The van der Waals surface area contributed by atoms with Crippen LogP contribution in [0.5, 0.6) is 0 Å². The molecule has 1 N–H and O–H groups in total. The number of aromatic amines is 1. The molecule has 1 rings (SSSR count). The predicted molar refractivity (Wildman–Crippen MR) is 40.7 cm³/mol. The summed E-state index contributed by atoms with van der Waals surface area (Å²) in [5, 5.41) is 8.66. The Bertz CT molecular complexity index is 280. The molecule has 0 atom stereocenters. The van der Waals surface area contributed by atoms with Crippen LogP contribution in [0.1, 0.15) is 24.9 Å². The lowest BCUT2D eigenvalue weighted by Crippen LogP contribution is -2.37. The van der Waals surface area contributed by atoms with E-state index in [-0.39, 0.29) is 0 Å². The second kappa shape index (κ2) is 3.20. The molecule has 58 valence electrons. The van der Waals surface area contributed by atoms with E-state index in [0.29, 0.717) is 5.82 Å². The van der Waals surface area contributed by atoms with Crippen LogP contribution in [0.3, 0.4) is 0 Å². The van der Waals surface area contributed by atoms with Gasteiger partial charge in [0.15, 0.2) is 6.07 Å². The van der Waals surface area contributed by atoms with E-state index in [0.717, 1.165) is 18.7 Å². The number of aryl methyl sites for hydroxylation is 1. The number of H-pyrrole nitrogens is 1. The lowest BCUT2D eigenvalue weighted by Gasteiger charge is -1.93. The zero-order chi connectivity index (χ0) is 8.27. The molecule has 0 unspecified atom stereocenters. The second-order valence-electron chi connectivity index (χ2n) is 2.54. The van der Waals surface area contributed by atoms with Crippen molar-refractivity contribution in [3.05, 3.63) is 17.7 Å². The molecule has 0 aliphatic heterocycles. The Labute approximate surface area is 66.3 Å². The van der Waals surface area contributed by atoms with E-state index in [1.54, 1.807) is 0 Å². The fourth-order valence-corrected chi connectivity index (χ4v) is 1.11. The molecule has 0 spiro atoms. The summed E-state index contributed by atoms with van der Waals surface area (Å²) in [6, 6.07) is 2.11. The highest BCUT2D eigenvalue weighted by Gasteiger charge is 2.11. The van der Waals surface area contributed by atoms with Crippen molar-refractivity contribution in [2.75, 3.05) is 0 Å². The van der Waals surface area contributed by atoms with Crippen LogP contribution in [0.4, 0.5) is 0 Å². The van der Waals surface area contributed by atoms with Crippen molar-refractivity contribution in [3.63, 3.8) is 0 Å². The van der Waals surface area contributed by atoms with Crippen LogP contribution in [-0.4, -0.2) is 4.98 Å². The maximum atomic E-state index is 8.66. The molecular weight excluding hydrogens is 138 g/mol. The zero-order valence-corrected chi connectivity index (χ0v) is 6.89. The number of nitrogens with zero attached hydrogens (tertiary/aromatic N) is 2. The van der Waals surface area contributed by atoms with E-state index in [2.05, 4.69) is 18.0 Å². The molecule has 3 nitrogen and oxygen atoms in total. The Morgan fingerprint density at radius 1 is 1.73 bits per heavy atom. The predicted octanol–water partition coefficient (Wildman–Crippen LogP) is 0.892. The summed E-state index contributed by atoms with van der Waals surface area (Å²) < 4.78 is 1.99. The highest BCUT2D eigenvalue weighted by molar-refractivity contribution is 5.04. The molecular formula is C8H12N3+. The minimum Gasteiger partial charge on any atom is -0.234 e. The first-order chi connectivity index (χ1) is 5.29. The van der Waals surface area contributed by atoms with E-state index < -0.39 is 0 Å². The van der Waals surface area contributed by atoms with Gasteiger partial charge in [0, 0.05) is 6.92 Å². The summed E-state index contributed by atoms with van der Waals surface area (Å²) in [5.41, 5.74) is 1.11. The summed E-state index contributed by atoms with van der Waals surface area (Å²) in [7, 11) is 0. The third-order valence-electron chi connectivity index (χ3n) is 1.67. The van der Waals surface area contributed by atoms with Gasteiger partial charge >= 0.3 is 5.82 Å². The van der Waals surface area contributed by atoms with E-state index >= 15 is 0 Å². The number of nitriles is 1. The van der Waals surface area contributed by atoms with Crippen LogP contribution in [0.15, 0.2) is 6.20 Å². The van der Waals surface area contributed by atoms with Gasteiger partial charge in [0.1, 0.15) is 11.9 Å². The van der Waals surface area contributed by atoms with Crippen LogP contribution >= 0.6 is 0 Å². The van der Waals surface area contributed by atoms with Crippen molar-refractivity contribution >= 4 is 0 Å². The van der Waals surface area contributed by atoms with Crippen molar-refractivity contribution < 1.29 is 4.57 Å². The minimum atomic E-state index is 0.643. The molecule has 0 saturated heterocycles. The lowest BCUT2D eigenvalue weighted by atomic mass is 10.4. The minimum absolute atomic E-state index is 0.643. The van der Waals surface area contributed by atoms with Gasteiger partial charge in [-0.15, -0.1) is 0 Å². The molecule has 0 bridgehead atoms. The first-order valence-electron chi connectivity index (χ1n) is 3.77. The smallest absolute Gasteiger partial charge is 0.234 e. The molecule has 3 heteroatoms. The Balaban J connectivity index is 3.00. The van der Waals surface area contributed by atoms with Crippen molar-refractivity contribution in [2.45, 2.75) is 26.8 Å². The van der Waals surface area contributed by atoms with Gasteiger partial charge in [0.05, 0.1) is 6.54 Å². The van der Waals surface area contributed by atoms with Crippen LogP contribution < -0.4 is 4.57 Å². The molecule has 0 fully saturated rings. The Kier molecular flexibility index (Phi) is 2.27. The molecule has 1 heterocycles. The van der Waals surface area contributed by atoms with E-state index in [4.69, 9.17) is 5.26 Å². The van der Waals surface area contributed by atoms with Gasteiger partial charge in [0.25, 0.3) is 0 Å². The van der Waals surface area contributed by atoms with Crippen molar-refractivity contribution in [1.29, 1.82) is 5.26 Å². The molecule has 0 aromatic carbocycles. The fraction of sp³-hybridized carbons (Fsp3) is 0.500. The first kappa shape index (κ1) is 7.80. The van der Waals surface area contributed by atoms with Crippen molar-refractivity contribution in [1.82, 2.24) is 4.98 Å². The van der Waals surface area contributed by atoms with Crippen LogP contribution in [0.25, 0.3) is 0 Å². The molecule has 0 aliphatic carbocycles. The number of aromatic nitrogens is 2. The molecule has 0 aliphatic rings. The van der Waals surface area contributed by atoms with Crippen LogP contribution in [0, 0.1) is 18.3 Å². The highest BCUT2D eigenvalue weighted by Crippen LogP contribution is 1.91. The van der Waals surface area contributed by atoms with Crippen molar-refractivity contribution in [3.8, 4) is 6.07 Å². The number of rotatable bonds is 2. The fourth-order valence-electron chi connectivity index (χ4n) is 1.11. The first-order valence-corrected chi connectivity index (χ1v) is 3.77. The van der Waals surface area contributed by atoms with Gasteiger partial charge < -0.3 is 0 Å². The third-order valence-corrected chi connectivity index (χ3v) is 1.67. The summed E-state index contributed by atoms with van der Waals surface area (Å²) in [4.78, 5) is 2.91. The zero-order valence-electron chi connectivity index (χ0n) is 6.89. The lowest BCUT2D eigenvalue weighted by molar-refractivity contribution is -0.703. The van der Waals surface area contributed by atoms with Gasteiger partial charge in [-0.25, -0.2) is 9.55 Å². The molecule has 0 saturated carbocycles. The Hall–Kier alpha value is -1.30. The summed E-state index contributed by atoms with van der Waals surface area (Å²) in [6.45, 7) is 5.01. The second-order valence-corrected chi connectivity index (χ2v) is 2.54. The number of hydrogen-bond acceptors (Lipinski definition) is 1. The molecule has 11 heavy (non-hydrogen) atoms. The maximum Gasteiger partial charge on any atom is 0.359 e. The monoisotopic (exact) mass is 150 g/mol. The van der Waals surface area contributed by atoms with Gasteiger partial charge in [-0.05, 0) is 6.42 Å². The maximum absolute atomic E-state index is 8.66. The SMILES string of the molecule is CCC[n+]1c(C)c[nH]c1C#N. The van der Waals surface area contributed by atoms with Gasteiger partial charge in [-0.2, -0.15) is 5.26 Å². The third kappa shape index (κ3) is 1.40. The van der Waals surface area contributed by atoms with E-state index in [9.17, 15) is 0 Å². The largest absolute Gasteiger partial charge is 0.359 e. The molecule has 1 aromatic rings. The topological polar surface area (TPSA) is 43.5 Å². The quantitative estimate of drug-likeness (QED) is 0.625. The summed E-state index contributed by atoms with van der Waals surface area (Å²) >= 11 is 0. The van der Waals surface area contributed by atoms with E-state index in [1.807, 2.05) is 17.7 Å². The van der Waals surface area contributed by atoms with Crippen molar-refractivity contribution in [2.24, 2.45) is 0 Å². The van der Waals surface area contributed by atoms with Gasteiger partial charge in [-0.3, -0.25) is 0 Å². The average molecular weight is 150 g/mol. The standard InChI is InChI=1S/C8H11N3/c1-3-4-11-7(2)6-10-8(11)5-9/h6H,3-4H2,1-2H3/p+1. The number of imidazole rings is 1. The van der Waals surface area contributed by atoms with E-state index in [1.165, 1.54) is 0 Å². The number of nitrogens with one attached hydrogen (secondary N) is 1. The molecule has 0 amide bonds. The van der Waals surface area contributed by atoms with Crippen LogP contribution in [-0.2, 0) is 6.54 Å². The Morgan fingerprint density at radius 3 is 3.00 bits per heavy atom. The molecule has 1 aromatic heterocycles. The van der Waals surface area contributed by atoms with Gasteiger partial charge in [-0.1, -0.05) is 6.92 Å². The normalized spacial score (nSPS) is 9.55. The number of hydrogen-bond donors (Lipinski definition) is 1. The summed E-state index contributed by atoms with van der Waals surface area (Å²) in [6.07, 6.45) is 2.91. The van der Waals surface area contributed by atoms with Gasteiger partial charge in [0.2, 0.25) is 0 Å². The molecule has 0 radical (unpaired) electrons.